The Kier molecular flexibility index (Phi) is 4.28. The molecular formula is C18H24N2O. The van der Waals surface area contributed by atoms with Crippen molar-refractivity contribution in [2.45, 2.75) is 50.1 Å². The number of urea groups is 1. The Balaban J connectivity index is 1.57. The summed E-state index contributed by atoms with van der Waals surface area (Å²) in [6, 6.07) is 11.2. The van der Waals surface area contributed by atoms with Crippen molar-refractivity contribution < 1.29 is 4.79 Å². The van der Waals surface area contributed by atoms with E-state index in [4.69, 9.17) is 0 Å². The van der Waals surface area contributed by atoms with E-state index >= 15 is 0 Å². The molecule has 0 heterocycles. The minimum absolute atomic E-state index is 0.0882. The van der Waals surface area contributed by atoms with Crippen LogP contribution in [0.5, 0.6) is 0 Å². The van der Waals surface area contributed by atoms with Gasteiger partial charge in [0.25, 0.3) is 0 Å². The van der Waals surface area contributed by atoms with Crippen molar-refractivity contribution in [3.63, 3.8) is 0 Å². The van der Waals surface area contributed by atoms with Crippen LogP contribution in [0.15, 0.2) is 43.0 Å². The minimum Gasteiger partial charge on any atom is -0.335 e. The molecule has 1 N–H and O–H groups in total. The van der Waals surface area contributed by atoms with Crippen LogP contribution in [-0.2, 0) is 0 Å². The van der Waals surface area contributed by atoms with Gasteiger partial charge in [-0.1, -0.05) is 49.2 Å². The van der Waals surface area contributed by atoms with Crippen molar-refractivity contribution in [1.82, 2.24) is 10.2 Å². The Morgan fingerprint density at radius 2 is 2.00 bits per heavy atom. The summed E-state index contributed by atoms with van der Waals surface area (Å²) in [5.41, 5.74) is 1.33. The SMILES string of the molecule is C=CCN(C(=O)NC1CC1c1ccccc1)C1CCCC1. The lowest BCUT2D eigenvalue weighted by atomic mass is 10.1. The molecule has 0 aliphatic heterocycles. The molecule has 2 unspecified atom stereocenters. The molecule has 2 aliphatic rings. The van der Waals surface area contributed by atoms with Gasteiger partial charge in [-0.25, -0.2) is 4.79 Å². The third-order valence-electron chi connectivity index (χ3n) is 4.68. The van der Waals surface area contributed by atoms with E-state index in [1.165, 1.54) is 18.4 Å². The van der Waals surface area contributed by atoms with Crippen LogP contribution in [0, 0.1) is 0 Å². The second-order valence-corrected chi connectivity index (χ2v) is 6.19. The van der Waals surface area contributed by atoms with E-state index in [-0.39, 0.29) is 6.03 Å². The van der Waals surface area contributed by atoms with Crippen molar-refractivity contribution in [2.24, 2.45) is 0 Å². The summed E-state index contributed by atoms with van der Waals surface area (Å²) in [5.74, 6) is 0.490. The topological polar surface area (TPSA) is 32.3 Å². The fraction of sp³-hybridized carbons (Fsp3) is 0.500. The van der Waals surface area contributed by atoms with Gasteiger partial charge in [-0.2, -0.15) is 0 Å². The van der Waals surface area contributed by atoms with Crippen molar-refractivity contribution in [3.8, 4) is 0 Å². The van der Waals surface area contributed by atoms with Gasteiger partial charge in [0.15, 0.2) is 0 Å². The standard InChI is InChI=1S/C18H24N2O/c1-2-12-20(15-10-6-7-11-15)18(21)19-17-13-16(17)14-8-4-3-5-9-14/h2-5,8-9,15-17H,1,6-7,10-13H2,(H,19,21). The number of carbonyl (C=O) groups is 1. The summed E-state index contributed by atoms with van der Waals surface area (Å²) in [6.45, 7) is 4.44. The number of hydrogen-bond acceptors (Lipinski definition) is 1. The zero-order valence-corrected chi connectivity index (χ0v) is 12.5. The summed E-state index contributed by atoms with van der Waals surface area (Å²) in [5, 5.41) is 3.20. The predicted octanol–water partition coefficient (Wildman–Crippen LogP) is 3.68. The predicted molar refractivity (Wildman–Crippen MR) is 85.3 cm³/mol. The number of nitrogens with zero attached hydrogens (tertiary/aromatic N) is 1. The van der Waals surface area contributed by atoms with E-state index in [1.807, 2.05) is 17.0 Å². The average Bonchev–Trinajstić information content (AvgIpc) is 3.06. The fourth-order valence-electron chi connectivity index (χ4n) is 3.42. The van der Waals surface area contributed by atoms with E-state index in [9.17, 15) is 4.79 Å². The summed E-state index contributed by atoms with van der Waals surface area (Å²) in [4.78, 5) is 14.5. The Morgan fingerprint density at radius 1 is 1.29 bits per heavy atom. The first-order valence-corrected chi connectivity index (χ1v) is 8.02. The lowest BCUT2D eigenvalue weighted by Gasteiger charge is -2.28. The van der Waals surface area contributed by atoms with E-state index in [2.05, 4.69) is 36.2 Å². The van der Waals surface area contributed by atoms with Crippen LogP contribution in [0.25, 0.3) is 0 Å². The number of benzene rings is 1. The highest BCUT2D eigenvalue weighted by Gasteiger charge is 2.40. The monoisotopic (exact) mass is 284 g/mol. The van der Waals surface area contributed by atoms with Crippen LogP contribution >= 0.6 is 0 Å². The summed E-state index contributed by atoms with van der Waals surface area (Å²) < 4.78 is 0. The van der Waals surface area contributed by atoms with Crippen LogP contribution < -0.4 is 5.32 Å². The van der Waals surface area contributed by atoms with Gasteiger partial charge in [-0.05, 0) is 24.8 Å². The maximum Gasteiger partial charge on any atom is 0.318 e. The van der Waals surface area contributed by atoms with Crippen molar-refractivity contribution >= 4 is 6.03 Å². The molecule has 2 amide bonds. The molecule has 2 aliphatic carbocycles. The van der Waals surface area contributed by atoms with Gasteiger partial charge in [-0.15, -0.1) is 6.58 Å². The lowest BCUT2D eigenvalue weighted by Crippen LogP contribution is -2.46. The van der Waals surface area contributed by atoms with Gasteiger partial charge >= 0.3 is 6.03 Å². The molecule has 3 rings (SSSR count). The zero-order chi connectivity index (χ0) is 14.7. The maximum absolute atomic E-state index is 12.5. The molecule has 3 nitrogen and oxygen atoms in total. The number of nitrogens with one attached hydrogen (secondary N) is 1. The molecule has 2 fully saturated rings. The van der Waals surface area contributed by atoms with Crippen LogP contribution in [0.2, 0.25) is 0 Å². The van der Waals surface area contributed by atoms with Gasteiger partial charge in [0.05, 0.1) is 0 Å². The number of carbonyl (C=O) groups excluding carboxylic acids is 1. The number of amides is 2. The molecule has 2 saturated carbocycles. The first-order valence-electron chi connectivity index (χ1n) is 8.02. The summed E-state index contributed by atoms with van der Waals surface area (Å²) >= 11 is 0. The first-order chi connectivity index (χ1) is 10.3. The Bertz CT molecular complexity index is 493. The van der Waals surface area contributed by atoms with Gasteiger partial charge in [0, 0.05) is 24.5 Å². The van der Waals surface area contributed by atoms with Gasteiger partial charge in [0.1, 0.15) is 0 Å². The highest BCUT2D eigenvalue weighted by molar-refractivity contribution is 5.75. The first kappa shape index (κ1) is 14.2. The van der Waals surface area contributed by atoms with Crippen molar-refractivity contribution in [1.29, 1.82) is 0 Å². The maximum atomic E-state index is 12.5. The van der Waals surface area contributed by atoms with E-state index < -0.39 is 0 Å². The molecule has 112 valence electrons. The molecule has 0 spiro atoms. The minimum atomic E-state index is 0.0882. The molecule has 21 heavy (non-hydrogen) atoms. The normalized spacial score (nSPS) is 24.6. The van der Waals surface area contributed by atoms with Crippen LogP contribution in [0.3, 0.4) is 0 Å². The molecule has 3 heteroatoms. The third kappa shape index (κ3) is 3.29. The highest BCUT2D eigenvalue weighted by atomic mass is 16.2. The molecule has 0 saturated heterocycles. The fourth-order valence-corrected chi connectivity index (χ4v) is 3.42. The van der Waals surface area contributed by atoms with Crippen LogP contribution in [-0.4, -0.2) is 29.6 Å². The second-order valence-electron chi connectivity index (χ2n) is 6.19. The van der Waals surface area contributed by atoms with Crippen LogP contribution in [0.4, 0.5) is 4.79 Å². The highest BCUT2D eigenvalue weighted by Crippen LogP contribution is 2.40. The molecule has 1 aromatic rings. The Hall–Kier alpha value is -1.77. The average molecular weight is 284 g/mol. The smallest absolute Gasteiger partial charge is 0.318 e. The van der Waals surface area contributed by atoms with Crippen molar-refractivity contribution in [3.05, 3.63) is 48.6 Å². The third-order valence-corrected chi connectivity index (χ3v) is 4.68. The molecule has 0 bridgehead atoms. The second kappa shape index (κ2) is 6.33. The zero-order valence-electron chi connectivity index (χ0n) is 12.5. The lowest BCUT2D eigenvalue weighted by molar-refractivity contribution is 0.182. The van der Waals surface area contributed by atoms with Gasteiger partial charge in [0.2, 0.25) is 0 Å². The number of rotatable bonds is 5. The summed E-state index contributed by atoms with van der Waals surface area (Å²) in [6.07, 6.45) is 7.63. The van der Waals surface area contributed by atoms with Crippen molar-refractivity contribution in [2.75, 3.05) is 6.54 Å². The van der Waals surface area contributed by atoms with E-state index in [0.29, 0.717) is 24.5 Å². The van der Waals surface area contributed by atoms with Crippen LogP contribution in [0.1, 0.15) is 43.6 Å². The largest absolute Gasteiger partial charge is 0.335 e. The molecule has 1 aromatic carbocycles. The molecule has 0 aromatic heterocycles. The van der Waals surface area contributed by atoms with E-state index in [0.717, 1.165) is 19.3 Å². The van der Waals surface area contributed by atoms with Gasteiger partial charge < -0.3 is 10.2 Å². The number of hydrogen-bond donors (Lipinski definition) is 1. The van der Waals surface area contributed by atoms with E-state index in [1.54, 1.807) is 0 Å². The quantitative estimate of drug-likeness (QED) is 0.822. The molecule has 2 atom stereocenters. The molecule has 0 radical (unpaired) electrons. The molecular weight excluding hydrogens is 260 g/mol. The van der Waals surface area contributed by atoms with Gasteiger partial charge in [-0.3, -0.25) is 0 Å². The summed E-state index contributed by atoms with van der Waals surface area (Å²) in [7, 11) is 0. The Morgan fingerprint density at radius 3 is 2.67 bits per heavy atom. The Labute approximate surface area is 127 Å².